The molecule has 0 amide bonds. The van der Waals surface area contributed by atoms with Gasteiger partial charge < -0.3 is 9.80 Å². The second kappa shape index (κ2) is 10.4. The first-order valence-corrected chi connectivity index (χ1v) is 16.0. The van der Waals surface area contributed by atoms with Crippen LogP contribution >= 0.6 is 11.6 Å². The average molecular weight is 555 g/mol. The molecular formula is C37H47ClN2. The quantitative estimate of drug-likeness (QED) is 0.371. The Labute approximate surface area is 247 Å². The number of fused-ring (bicyclic) bond motifs is 3. The van der Waals surface area contributed by atoms with Gasteiger partial charge in [0.2, 0.25) is 0 Å². The van der Waals surface area contributed by atoms with Crippen LogP contribution in [0.1, 0.15) is 85.1 Å². The average Bonchev–Trinajstić information content (AvgIpc) is 2.97. The summed E-state index contributed by atoms with van der Waals surface area (Å²) >= 11 is 6.72. The molecule has 0 aromatic heterocycles. The Balaban J connectivity index is 1.46. The molecule has 2 aromatic rings. The minimum Gasteiger partial charge on any atom is -0.361 e. The van der Waals surface area contributed by atoms with Crippen LogP contribution in [0.4, 0.5) is 11.4 Å². The number of benzene rings is 2. The van der Waals surface area contributed by atoms with Gasteiger partial charge in [-0.3, -0.25) is 0 Å². The zero-order valence-corrected chi connectivity index (χ0v) is 26.1. The van der Waals surface area contributed by atoms with Gasteiger partial charge in [-0.1, -0.05) is 92.3 Å². The first kappa shape index (κ1) is 27.7. The molecule has 2 nitrogen and oxygen atoms in total. The van der Waals surface area contributed by atoms with E-state index in [-0.39, 0.29) is 11.0 Å². The Bertz CT molecular complexity index is 1340. The zero-order chi connectivity index (χ0) is 28.2. The molecule has 2 fully saturated rings. The van der Waals surface area contributed by atoms with Crippen LogP contribution in [0.5, 0.6) is 0 Å². The third-order valence-corrected chi connectivity index (χ3v) is 11.3. The molecule has 6 rings (SSSR count). The molecule has 212 valence electrons. The van der Waals surface area contributed by atoms with Crippen molar-refractivity contribution in [2.75, 3.05) is 9.80 Å². The number of hydrogen-bond donors (Lipinski definition) is 0. The highest BCUT2D eigenvalue weighted by atomic mass is 35.5. The predicted octanol–water partition coefficient (Wildman–Crippen LogP) is 10.3. The summed E-state index contributed by atoms with van der Waals surface area (Å²) in [5.74, 6) is 0.982. The zero-order valence-electron chi connectivity index (χ0n) is 25.4. The first-order valence-electron chi connectivity index (χ1n) is 15.6. The topological polar surface area (TPSA) is 6.48 Å². The normalized spacial score (nSPS) is 33.8. The van der Waals surface area contributed by atoms with Gasteiger partial charge in [-0.2, -0.15) is 0 Å². The number of aryl methyl sites for hydroxylation is 1. The minimum absolute atomic E-state index is 0.127. The molecule has 0 bridgehead atoms. The number of nitrogens with zero attached hydrogens (tertiary/aromatic N) is 2. The number of anilines is 2. The van der Waals surface area contributed by atoms with Crippen LogP contribution in [0.2, 0.25) is 5.02 Å². The van der Waals surface area contributed by atoms with Crippen molar-refractivity contribution in [1.82, 2.24) is 0 Å². The van der Waals surface area contributed by atoms with Gasteiger partial charge in [0.25, 0.3) is 0 Å². The molecule has 40 heavy (non-hydrogen) atoms. The monoisotopic (exact) mass is 554 g/mol. The fourth-order valence-corrected chi connectivity index (χ4v) is 9.49. The number of allylic oxidation sites excluding steroid dienone is 3. The Hall–Kier alpha value is -2.45. The molecule has 6 atom stereocenters. The van der Waals surface area contributed by atoms with E-state index in [1.807, 2.05) is 0 Å². The van der Waals surface area contributed by atoms with E-state index in [0.29, 0.717) is 23.9 Å². The Morgan fingerprint density at radius 3 is 2.42 bits per heavy atom. The standard InChI is InChI=1S/C37H47ClN2/c1-25-19-27(3)35(28(4)20-25)39(32-22-26(2)21-29(38)23-32)31-15-16-34-33(24-31)36(5)17-11-8-12-18-37(36,6)40(34)30-13-9-7-10-14-30/h7,9-10,13-14,16,19-23,27,31,33,35H,8,11-12,15,17-18,24H2,1-6H3/t27?,31?,33?,35?,36-,37?/m0/s1. The molecule has 2 aromatic carbocycles. The number of halogens is 1. The van der Waals surface area contributed by atoms with Crippen molar-refractivity contribution in [3.63, 3.8) is 0 Å². The largest absolute Gasteiger partial charge is 0.361 e. The van der Waals surface area contributed by atoms with Crippen molar-refractivity contribution < 1.29 is 0 Å². The van der Waals surface area contributed by atoms with Gasteiger partial charge in [-0.05, 0) is 101 Å². The molecule has 1 heterocycles. The van der Waals surface area contributed by atoms with Crippen LogP contribution < -0.4 is 9.80 Å². The van der Waals surface area contributed by atoms with E-state index in [4.69, 9.17) is 11.6 Å². The van der Waals surface area contributed by atoms with Crippen molar-refractivity contribution in [2.45, 2.75) is 104 Å². The summed E-state index contributed by atoms with van der Waals surface area (Å²) in [7, 11) is 0. The van der Waals surface area contributed by atoms with Crippen LogP contribution in [0.15, 0.2) is 83.6 Å². The molecule has 5 unspecified atom stereocenters. The molecule has 0 N–H and O–H groups in total. The highest BCUT2D eigenvalue weighted by Crippen LogP contribution is 2.63. The van der Waals surface area contributed by atoms with Gasteiger partial charge in [0, 0.05) is 39.6 Å². The SMILES string of the molecule is CC1=CC(C)C(N(c2cc(C)cc(Cl)c2)C2CC=C3C(C2)[C@]2(C)CCCCCC2(C)N3c2ccccc2)C(C)=C1. The van der Waals surface area contributed by atoms with Crippen molar-refractivity contribution >= 4 is 23.0 Å². The van der Waals surface area contributed by atoms with Gasteiger partial charge in [0.1, 0.15) is 0 Å². The predicted molar refractivity (Wildman–Crippen MR) is 172 cm³/mol. The lowest BCUT2D eigenvalue weighted by Gasteiger charge is -2.49. The lowest BCUT2D eigenvalue weighted by Crippen LogP contribution is -2.52. The summed E-state index contributed by atoms with van der Waals surface area (Å²) in [6.45, 7) is 14.4. The molecule has 0 radical (unpaired) electrons. The maximum absolute atomic E-state index is 6.72. The summed E-state index contributed by atoms with van der Waals surface area (Å²) in [6, 6.07) is 18.7. The summed E-state index contributed by atoms with van der Waals surface area (Å²) in [4.78, 5) is 5.56. The van der Waals surface area contributed by atoms with Crippen molar-refractivity contribution in [1.29, 1.82) is 0 Å². The van der Waals surface area contributed by atoms with Crippen molar-refractivity contribution in [3.8, 4) is 0 Å². The molecule has 3 heteroatoms. The molecule has 0 spiro atoms. The van der Waals surface area contributed by atoms with E-state index in [1.54, 1.807) is 5.70 Å². The highest BCUT2D eigenvalue weighted by Gasteiger charge is 2.62. The Morgan fingerprint density at radius 1 is 0.950 bits per heavy atom. The fraction of sp³-hybridized carbons (Fsp3) is 0.514. The number of hydrogen-bond acceptors (Lipinski definition) is 2. The van der Waals surface area contributed by atoms with Gasteiger partial charge in [-0.15, -0.1) is 0 Å². The molecule has 1 saturated carbocycles. The second-order valence-electron chi connectivity index (χ2n) is 13.7. The minimum atomic E-state index is 0.127. The Morgan fingerprint density at radius 2 is 1.70 bits per heavy atom. The number of para-hydroxylation sites is 1. The van der Waals surface area contributed by atoms with E-state index >= 15 is 0 Å². The third-order valence-electron chi connectivity index (χ3n) is 11.1. The molecule has 1 saturated heterocycles. The fourth-order valence-electron chi connectivity index (χ4n) is 9.21. The molecular weight excluding hydrogens is 508 g/mol. The van der Waals surface area contributed by atoms with Gasteiger partial charge in [-0.25, -0.2) is 0 Å². The van der Waals surface area contributed by atoms with Crippen LogP contribution in [0.3, 0.4) is 0 Å². The maximum atomic E-state index is 6.72. The third kappa shape index (κ3) is 4.46. The number of rotatable bonds is 4. The van der Waals surface area contributed by atoms with Crippen LogP contribution in [0, 0.1) is 24.2 Å². The van der Waals surface area contributed by atoms with E-state index in [0.717, 1.165) is 11.4 Å². The van der Waals surface area contributed by atoms with E-state index in [2.05, 4.69) is 118 Å². The maximum Gasteiger partial charge on any atom is 0.0566 e. The molecule has 4 aliphatic rings. The summed E-state index contributed by atoms with van der Waals surface area (Å²) in [5, 5.41) is 0.836. The van der Waals surface area contributed by atoms with Crippen LogP contribution in [0.25, 0.3) is 0 Å². The van der Waals surface area contributed by atoms with Crippen LogP contribution in [-0.2, 0) is 0 Å². The van der Waals surface area contributed by atoms with E-state index < -0.39 is 0 Å². The van der Waals surface area contributed by atoms with Gasteiger partial charge in [0.05, 0.1) is 6.04 Å². The van der Waals surface area contributed by atoms with Crippen molar-refractivity contribution in [2.24, 2.45) is 17.3 Å². The second-order valence-corrected chi connectivity index (χ2v) is 14.2. The summed E-state index contributed by atoms with van der Waals surface area (Å²) < 4.78 is 0. The highest BCUT2D eigenvalue weighted by molar-refractivity contribution is 6.30. The Kier molecular flexibility index (Phi) is 7.22. The lowest BCUT2D eigenvalue weighted by atomic mass is 9.61. The van der Waals surface area contributed by atoms with Crippen molar-refractivity contribution in [3.05, 3.63) is 94.2 Å². The molecule has 3 aliphatic carbocycles. The van der Waals surface area contributed by atoms with Crippen LogP contribution in [-0.4, -0.2) is 17.6 Å². The summed E-state index contributed by atoms with van der Waals surface area (Å²) in [5.41, 5.74) is 8.66. The van der Waals surface area contributed by atoms with Gasteiger partial charge >= 0.3 is 0 Å². The smallest absolute Gasteiger partial charge is 0.0566 e. The summed E-state index contributed by atoms with van der Waals surface area (Å²) in [6.07, 6.45) is 16.3. The van der Waals surface area contributed by atoms with Gasteiger partial charge in [0.15, 0.2) is 0 Å². The molecule has 1 aliphatic heterocycles. The van der Waals surface area contributed by atoms with E-state index in [1.165, 1.54) is 66.6 Å². The van der Waals surface area contributed by atoms with E-state index in [9.17, 15) is 0 Å². The first-order chi connectivity index (χ1) is 19.1. The lowest BCUT2D eigenvalue weighted by molar-refractivity contribution is 0.116.